The lowest BCUT2D eigenvalue weighted by molar-refractivity contribution is 0.0966. The van der Waals surface area contributed by atoms with Gasteiger partial charge in [-0.25, -0.2) is 9.37 Å². The van der Waals surface area contributed by atoms with Gasteiger partial charge in [-0.3, -0.25) is 4.79 Å². The molecule has 0 N–H and O–H groups in total. The molecule has 4 nitrogen and oxygen atoms in total. The van der Waals surface area contributed by atoms with Crippen LogP contribution < -0.4 is 0 Å². The summed E-state index contributed by atoms with van der Waals surface area (Å²) >= 11 is 0. The van der Waals surface area contributed by atoms with Gasteiger partial charge in [0, 0.05) is 19.4 Å². The summed E-state index contributed by atoms with van der Waals surface area (Å²) in [6.45, 7) is 0. The Kier molecular flexibility index (Phi) is 3.20. The summed E-state index contributed by atoms with van der Waals surface area (Å²) in [4.78, 5) is 16.0. The Morgan fingerprint density at radius 3 is 2.89 bits per heavy atom. The second-order valence-corrected chi connectivity index (χ2v) is 3.84. The van der Waals surface area contributed by atoms with E-state index in [1.807, 2.05) is 6.07 Å². The molecule has 0 spiro atoms. The minimum atomic E-state index is -1.04. The standard InChI is InChI=1S/C13H10FN3O/c1-17-6-5-16-13(17)12(18)11(8-15)9-3-2-4-10(14)7-9/h2-7,11H,1H3. The number of halogens is 1. The van der Waals surface area contributed by atoms with Crippen LogP contribution in [0, 0.1) is 17.1 Å². The number of benzene rings is 1. The fraction of sp³-hybridized carbons (Fsp3) is 0.154. The third-order valence-electron chi connectivity index (χ3n) is 2.61. The van der Waals surface area contributed by atoms with E-state index < -0.39 is 17.5 Å². The van der Waals surface area contributed by atoms with Crippen molar-refractivity contribution >= 4 is 5.78 Å². The first kappa shape index (κ1) is 12.0. The van der Waals surface area contributed by atoms with Crippen molar-refractivity contribution in [3.8, 4) is 6.07 Å². The van der Waals surface area contributed by atoms with Crippen LogP contribution in [-0.2, 0) is 7.05 Å². The van der Waals surface area contributed by atoms with Crippen LogP contribution in [0.25, 0.3) is 0 Å². The molecule has 0 amide bonds. The zero-order valence-electron chi connectivity index (χ0n) is 9.67. The van der Waals surface area contributed by atoms with Gasteiger partial charge in [-0.05, 0) is 17.7 Å². The highest BCUT2D eigenvalue weighted by Crippen LogP contribution is 2.20. The molecule has 0 bridgehead atoms. The van der Waals surface area contributed by atoms with Crippen molar-refractivity contribution in [1.82, 2.24) is 9.55 Å². The SMILES string of the molecule is Cn1ccnc1C(=O)C(C#N)c1cccc(F)c1. The summed E-state index contributed by atoms with van der Waals surface area (Å²) < 4.78 is 14.6. The zero-order valence-corrected chi connectivity index (χ0v) is 9.67. The van der Waals surface area contributed by atoms with Crippen molar-refractivity contribution in [2.75, 3.05) is 0 Å². The summed E-state index contributed by atoms with van der Waals surface area (Å²) in [6, 6.07) is 7.37. The first-order chi connectivity index (χ1) is 8.63. The Hall–Kier alpha value is -2.48. The molecule has 0 aliphatic heterocycles. The van der Waals surface area contributed by atoms with Crippen molar-refractivity contribution < 1.29 is 9.18 Å². The number of carbonyl (C=O) groups excluding carboxylic acids is 1. The Bertz CT molecular complexity index is 627. The van der Waals surface area contributed by atoms with Crippen LogP contribution in [0.4, 0.5) is 4.39 Å². The Labute approximate surface area is 103 Å². The van der Waals surface area contributed by atoms with Crippen LogP contribution in [0.5, 0.6) is 0 Å². The molecule has 90 valence electrons. The Morgan fingerprint density at radius 1 is 1.56 bits per heavy atom. The Morgan fingerprint density at radius 2 is 2.33 bits per heavy atom. The van der Waals surface area contributed by atoms with Crippen molar-refractivity contribution in [3.63, 3.8) is 0 Å². The number of ketones is 1. The Balaban J connectivity index is 2.39. The highest BCUT2D eigenvalue weighted by Gasteiger charge is 2.25. The van der Waals surface area contributed by atoms with Crippen molar-refractivity contribution in [3.05, 3.63) is 53.9 Å². The maximum Gasteiger partial charge on any atom is 0.219 e. The normalized spacial score (nSPS) is 11.8. The van der Waals surface area contributed by atoms with Gasteiger partial charge in [-0.1, -0.05) is 12.1 Å². The molecule has 2 aromatic rings. The summed E-state index contributed by atoms with van der Waals surface area (Å²) in [6.07, 6.45) is 3.10. The van der Waals surface area contributed by atoms with Gasteiger partial charge in [-0.2, -0.15) is 5.26 Å². The van der Waals surface area contributed by atoms with Gasteiger partial charge in [0.2, 0.25) is 5.78 Å². The molecule has 0 radical (unpaired) electrons. The lowest BCUT2D eigenvalue weighted by Crippen LogP contribution is -2.16. The predicted molar refractivity (Wildman–Crippen MR) is 62.3 cm³/mol. The van der Waals surface area contributed by atoms with Gasteiger partial charge in [0.25, 0.3) is 0 Å². The van der Waals surface area contributed by atoms with E-state index in [0.29, 0.717) is 5.56 Å². The number of Topliss-reactive ketones (excluding diaryl/α,β-unsaturated/α-hetero) is 1. The van der Waals surface area contributed by atoms with E-state index >= 15 is 0 Å². The first-order valence-electron chi connectivity index (χ1n) is 5.30. The van der Waals surface area contributed by atoms with Crippen molar-refractivity contribution in [2.45, 2.75) is 5.92 Å². The molecular formula is C13H10FN3O. The van der Waals surface area contributed by atoms with Crippen LogP contribution in [0.1, 0.15) is 22.1 Å². The van der Waals surface area contributed by atoms with Crippen molar-refractivity contribution in [1.29, 1.82) is 5.26 Å². The number of aryl methyl sites for hydroxylation is 1. The van der Waals surface area contributed by atoms with E-state index in [2.05, 4.69) is 4.98 Å². The zero-order chi connectivity index (χ0) is 13.1. The van der Waals surface area contributed by atoms with Gasteiger partial charge in [0.1, 0.15) is 11.7 Å². The highest BCUT2D eigenvalue weighted by molar-refractivity contribution is 6.00. The molecule has 2 rings (SSSR count). The molecule has 1 heterocycles. The van der Waals surface area contributed by atoms with E-state index in [-0.39, 0.29) is 5.82 Å². The van der Waals surface area contributed by atoms with Gasteiger partial charge in [0.15, 0.2) is 5.82 Å². The van der Waals surface area contributed by atoms with Gasteiger partial charge in [0.05, 0.1) is 6.07 Å². The van der Waals surface area contributed by atoms with Crippen LogP contribution in [-0.4, -0.2) is 15.3 Å². The molecule has 1 atom stereocenters. The number of nitriles is 1. The van der Waals surface area contributed by atoms with Crippen LogP contribution in [0.15, 0.2) is 36.7 Å². The van der Waals surface area contributed by atoms with Gasteiger partial charge < -0.3 is 4.57 Å². The van der Waals surface area contributed by atoms with Gasteiger partial charge in [-0.15, -0.1) is 0 Å². The topological polar surface area (TPSA) is 58.7 Å². The lowest BCUT2D eigenvalue weighted by Gasteiger charge is -2.08. The molecule has 18 heavy (non-hydrogen) atoms. The molecule has 1 aromatic carbocycles. The van der Waals surface area contributed by atoms with E-state index in [1.165, 1.54) is 29.0 Å². The molecular weight excluding hydrogens is 233 g/mol. The van der Waals surface area contributed by atoms with E-state index in [0.717, 1.165) is 0 Å². The summed E-state index contributed by atoms with van der Waals surface area (Å²) in [7, 11) is 1.67. The smallest absolute Gasteiger partial charge is 0.219 e. The number of hydrogen-bond donors (Lipinski definition) is 0. The molecule has 0 fully saturated rings. The second kappa shape index (κ2) is 4.80. The largest absolute Gasteiger partial charge is 0.332 e. The highest BCUT2D eigenvalue weighted by atomic mass is 19.1. The number of imidazole rings is 1. The summed E-state index contributed by atoms with van der Waals surface area (Å²) in [5, 5.41) is 9.10. The van der Waals surface area contributed by atoms with E-state index in [1.54, 1.807) is 19.3 Å². The summed E-state index contributed by atoms with van der Waals surface area (Å²) in [5.41, 5.74) is 0.338. The molecule has 1 aromatic heterocycles. The molecule has 0 saturated heterocycles. The maximum atomic E-state index is 13.1. The number of nitrogens with zero attached hydrogens (tertiary/aromatic N) is 3. The molecule has 0 aliphatic carbocycles. The minimum absolute atomic E-state index is 0.186. The third kappa shape index (κ3) is 2.13. The van der Waals surface area contributed by atoms with Crippen molar-refractivity contribution in [2.24, 2.45) is 7.05 Å². The fourth-order valence-corrected chi connectivity index (χ4v) is 1.70. The third-order valence-corrected chi connectivity index (χ3v) is 2.61. The molecule has 0 saturated carbocycles. The quantitative estimate of drug-likeness (QED) is 0.775. The second-order valence-electron chi connectivity index (χ2n) is 3.84. The molecule has 1 unspecified atom stereocenters. The van der Waals surface area contributed by atoms with E-state index in [9.17, 15) is 9.18 Å². The minimum Gasteiger partial charge on any atom is -0.332 e. The van der Waals surface area contributed by atoms with Crippen LogP contribution in [0.3, 0.4) is 0 Å². The monoisotopic (exact) mass is 243 g/mol. The molecule has 0 aliphatic rings. The average Bonchev–Trinajstić information content (AvgIpc) is 2.76. The number of carbonyl (C=O) groups is 1. The first-order valence-corrected chi connectivity index (χ1v) is 5.30. The lowest BCUT2D eigenvalue weighted by atomic mass is 9.95. The van der Waals surface area contributed by atoms with Crippen LogP contribution >= 0.6 is 0 Å². The predicted octanol–water partition coefficient (Wildman–Crippen LogP) is 2.05. The fourth-order valence-electron chi connectivity index (χ4n) is 1.70. The van der Waals surface area contributed by atoms with Crippen LogP contribution in [0.2, 0.25) is 0 Å². The maximum absolute atomic E-state index is 13.1. The van der Waals surface area contributed by atoms with E-state index in [4.69, 9.17) is 5.26 Å². The molecule has 5 heteroatoms. The number of aromatic nitrogens is 2. The summed E-state index contributed by atoms with van der Waals surface area (Å²) in [5.74, 6) is -1.76. The van der Waals surface area contributed by atoms with Gasteiger partial charge >= 0.3 is 0 Å². The number of rotatable bonds is 3. The number of hydrogen-bond acceptors (Lipinski definition) is 3. The average molecular weight is 243 g/mol.